The largest absolute Gasteiger partial charge is 0.465 e. The number of allylic oxidation sites excluding steroid dienone is 1. The van der Waals surface area contributed by atoms with Crippen molar-refractivity contribution in [1.29, 1.82) is 5.26 Å². The molecule has 0 aromatic rings. The molecule has 1 amide bonds. The van der Waals surface area contributed by atoms with Crippen molar-refractivity contribution in [3.05, 3.63) is 12.2 Å². The second kappa shape index (κ2) is 3.44. The molecule has 0 aromatic carbocycles. The third-order valence-corrected chi connectivity index (χ3v) is 1.98. The summed E-state index contributed by atoms with van der Waals surface area (Å²) in [7, 11) is 0. The number of carbonyl (C=O) groups is 1. The van der Waals surface area contributed by atoms with Crippen LogP contribution in [0, 0.1) is 11.3 Å². The molecule has 1 heterocycles. The Bertz CT molecular complexity index is 284. The molecule has 5 heteroatoms. The van der Waals surface area contributed by atoms with Crippen molar-refractivity contribution in [1.82, 2.24) is 4.90 Å². The molecule has 0 spiro atoms. The van der Waals surface area contributed by atoms with E-state index in [1.165, 1.54) is 0 Å². The van der Waals surface area contributed by atoms with E-state index in [9.17, 15) is 9.18 Å². The van der Waals surface area contributed by atoms with Crippen LogP contribution in [-0.2, 0) is 0 Å². The molecule has 0 radical (unpaired) electrons. The molecule has 1 atom stereocenters. The third-order valence-electron chi connectivity index (χ3n) is 1.98. The SMILES string of the molecule is N#CC=CC1(F)CCN(C(=O)O)C1. The van der Waals surface area contributed by atoms with Crippen LogP contribution in [0.25, 0.3) is 0 Å². The average molecular weight is 184 g/mol. The summed E-state index contributed by atoms with van der Waals surface area (Å²) >= 11 is 0. The highest BCUT2D eigenvalue weighted by atomic mass is 19.1. The summed E-state index contributed by atoms with van der Waals surface area (Å²) in [6.07, 6.45) is 1.17. The summed E-state index contributed by atoms with van der Waals surface area (Å²) in [5, 5.41) is 16.7. The van der Waals surface area contributed by atoms with E-state index in [0.29, 0.717) is 0 Å². The first kappa shape index (κ1) is 9.52. The lowest BCUT2D eigenvalue weighted by atomic mass is 10.1. The van der Waals surface area contributed by atoms with Gasteiger partial charge in [0.15, 0.2) is 0 Å². The molecule has 1 unspecified atom stereocenters. The molecule has 1 fully saturated rings. The van der Waals surface area contributed by atoms with Crippen molar-refractivity contribution in [2.45, 2.75) is 12.1 Å². The zero-order valence-electron chi connectivity index (χ0n) is 6.90. The number of hydrogen-bond acceptors (Lipinski definition) is 2. The molecule has 0 aromatic heterocycles. The lowest BCUT2D eigenvalue weighted by Gasteiger charge is -2.14. The molecule has 0 bridgehead atoms. The van der Waals surface area contributed by atoms with E-state index < -0.39 is 11.8 Å². The summed E-state index contributed by atoms with van der Waals surface area (Å²) < 4.78 is 13.6. The Morgan fingerprint density at radius 1 is 1.77 bits per heavy atom. The fourth-order valence-electron chi connectivity index (χ4n) is 1.28. The maximum atomic E-state index is 13.6. The van der Waals surface area contributed by atoms with E-state index in [4.69, 9.17) is 10.4 Å². The average Bonchev–Trinajstić information content (AvgIpc) is 2.46. The molecule has 0 aliphatic carbocycles. The standard InChI is InChI=1S/C8H9FN2O2/c9-8(2-1-4-10)3-5-11(6-8)7(12)13/h1-2H,3,5-6H2,(H,12,13). The first-order chi connectivity index (χ1) is 6.07. The normalized spacial score (nSPS) is 27.8. The van der Waals surface area contributed by atoms with Crippen LogP contribution in [0.1, 0.15) is 6.42 Å². The second-order valence-electron chi connectivity index (χ2n) is 2.95. The molecule has 0 saturated carbocycles. The van der Waals surface area contributed by atoms with Gasteiger partial charge in [-0.05, 0) is 6.08 Å². The van der Waals surface area contributed by atoms with Crippen molar-refractivity contribution in [2.75, 3.05) is 13.1 Å². The molecule has 70 valence electrons. The molecule has 1 N–H and O–H groups in total. The van der Waals surface area contributed by atoms with E-state index in [0.717, 1.165) is 17.1 Å². The van der Waals surface area contributed by atoms with Gasteiger partial charge in [0.2, 0.25) is 0 Å². The van der Waals surface area contributed by atoms with Gasteiger partial charge < -0.3 is 10.0 Å². The van der Waals surface area contributed by atoms with Gasteiger partial charge in [-0.25, -0.2) is 9.18 Å². The van der Waals surface area contributed by atoms with Crippen molar-refractivity contribution in [2.24, 2.45) is 0 Å². The Kier molecular flexibility index (Phi) is 2.52. The lowest BCUT2D eigenvalue weighted by molar-refractivity contribution is 0.146. The Labute approximate surface area is 74.9 Å². The van der Waals surface area contributed by atoms with Crippen LogP contribution < -0.4 is 0 Å². The minimum atomic E-state index is -1.66. The number of likely N-dealkylation sites (tertiary alicyclic amines) is 1. The summed E-state index contributed by atoms with van der Waals surface area (Å²) in [6.45, 7) is 0.00210. The van der Waals surface area contributed by atoms with Gasteiger partial charge in [-0.1, -0.05) is 0 Å². The van der Waals surface area contributed by atoms with Crippen LogP contribution in [0.15, 0.2) is 12.2 Å². The molecule has 1 saturated heterocycles. The van der Waals surface area contributed by atoms with E-state index in [1.54, 1.807) is 6.07 Å². The van der Waals surface area contributed by atoms with Gasteiger partial charge in [0.1, 0.15) is 5.67 Å². The number of rotatable bonds is 1. The minimum Gasteiger partial charge on any atom is -0.465 e. The van der Waals surface area contributed by atoms with Gasteiger partial charge in [-0.3, -0.25) is 0 Å². The summed E-state index contributed by atoms with van der Waals surface area (Å²) in [6, 6.07) is 1.68. The van der Waals surface area contributed by atoms with Crippen LogP contribution in [0.4, 0.5) is 9.18 Å². The second-order valence-corrected chi connectivity index (χ2v) is 2.95. The molecule has 13 heavy (non-hydrogen) atoms. The zero-order chi connectivity index (χ0) is 9.90. The van der Waals surface area contributed by atoms with Crippen molar-refractivity contribution >= 4 is 6.09 Å². The zero-order valence-corrected chi connectivity index (χ0v) is 6.90. The lowest BCUT2D eigenvalue weighted by Crippen LogP contribution is -2.31. The summed E-state index contributed by atoms with van der Waals surface area (Å²) in [4.78, 5) is 11.4. The van der Waals surface area contributed by atoms with Crippen LogP contribution >= 0.6 is 0 Å². The Balaban J connectivity index is 2.62. The van der Waals surface area contributed by atoms with Gasteiger partial charge in [0.25, 0.3) is 0 Å². The summed E-state index contributed by atoms with van der Waals surface area (Å²) in [5.41, 5.74) is -1.66. The van der Waals surface area contributed by atoms with E-state index in [1.807, 2.05) is 0 Å². The molecule has 4 nitrogen and oxygen atoms in total. The maximum absolute atomic E-state index is 13.6. The van der Waals surface area contributed by atoms with Crippen molar-refractivity contribution in [3.63, 3.8) is 0 Å². The quantitative estimate of drug-likeness (QED) is 0.622. The van der Waals surface area contributed by atoms with E-state index in [2.05, 4.69) is 0 Å². The van der Waals surface area contributed by atoms with Crippen molar-refractivity contribution in [3.8, 4) is 6.07 Å². The van der Waals surface area contributed by atoms with Gasteiger partial charge in [0.05, 0.1) is 12.6 Å². The smallest absolute Gasteiger partial charge is 0.407 e. The highest BCUT2D eigenvalue weighted by Gasteiger charge is 2.38. The Morgan fingerprint density at radius 2 is 2.46 bits per heavy atom. The summed E-state index contributed by atoms with van der Waals surface area (Å²) in [5.74, 6) is 0. The Hall–Kier alpha value is -1.57. The van der Waals surface area contributed by atoms with Crippen LogP contribution in [-0.4, -0.2) is 34.9 Å². The highest BCUT2D eigenvalue weighted by Crippen LogP contribution is 2.26. The van der Waals surface area contributed by atoms with Gasteiger partial charge in [-0.2, -0.15) is 5.26 Å². The number of hydrogen-bond donors (Lipinski definition) is 1. The fraction of sp³-hybridized carbons (Fsp3) is 0.500. The highest BCUT2D eigenvalue weighted by molar-refractivity contribution is 5.65. The minimum absolute atomic E-state index is 0.123. The molecule has 1 aliphatic rings. The molecular formula is C8H9FN2O2. The van der Waals surface area contributed by atoms with Gasteiger partial charge in [-0.15, -0.1) is 0 Å². The molecule has 1 rings (SSSR count). The topological polar surface area (TPSA) is 64.3 Å². The van der Waals surface area contributed by atoms with Gasteiger partial charge >= 0.3 is 6.09 Å². The molecular weight excluding hydrogens is 175 g/mol. The van der Waals surface area contributed by atoms with Crippen LogP contribution in [0.5, 0.6) is 0 Å². The number of nitriles is 1. The predicted molar refractivity (Wildman–Crippen MR) is 42.8 cm³/mol. The number of carboxylic acid groups (broad SMARTS) is 1. The predicted octanol–water partition coefficient (Wildman–Crippen LogP) is 1.16. The first-order valence-corrected chi connectivity index (χ1v) is 3.81. The number of amides is 1. The van der Waals surface area contributed by atoms with E-state index in [-0.39, 0.29) is 19.5 Å². The Morgan fingerprint density at radius 3 is 2.92 bits per heavy atom. The fourth-order valence-corrected chi connectivity index (χ4v) is 1.28. The maximum Gasteiger partial charge on any atom is 0.407 e. The van der Waals surface area contributed by atoms with Crippen LogP contribution in [0.2, 0.25) is 0 Å². The third kappa shape index (κ3) is 2.18. The monoisotopic (exact) mass is 184 g/mol. The first-order valence-electron chi connectivity index (χ1n) is 3.81. The number of nitrogens with zero attached hydrogens (tertiary/aromatic N) is 2. The number of halogens is 1. The van der Waals surface area contributed by atoms with Crippen molar-refractivity contribution < 1.29 is 14.3 Å². The number of alkyl halides is 1. The molecule has 1 aliphatic heterocycles. The van der Waals surface area contributed by atoms with Gasteiger partial charge in [0, 0.05) is 19.0 Å². The van der Waals surface area contributed by atoms with Crippen LogP contribution in [0.3, 0.4) is 0 Å². The van der Waals surface area contributed by atoms with E-state index >= 15 is 0 Å².